The molecule has 5 nitrogen and oxygen atoms in total. The maximum absolute atomic E-state index is 14.1. The van der Waals surface area contributed by atoms with E-state index < -0.39 is 5.82 Å². The molecular formula is C23H20FN3O2S. The molecule has 2 heterocycles. The zero-order valence-electron chi connectivity index (χ0n) is 16.8. The molecule has 7 heteroatoms. The molecule has 0 aliphatic heterocycles. The summed E-state index contributed by atoms with van der Waals surface area (Å²) in [4.78, 5) is 22.7. The number of carbonyl (C=O) groups excluding carboxylic acids is 1. The molecule has 152 valence electrons. The average molecular weight is 421 g/mol. The molecule has 4 rings (SSSR count). The molecule has 0 saturated heterocycles. The first-order chi connectivity index (χ1) is 14.4. The van der Waals surface area contributed by atoms with E-state index in [1.54, 1.807) is 53.8 Å². The van der Waals surface area contributed by atoms with Crippen molar-refractivity contribution in [1.82, 2.24) is 15.3 Å². The highest BCUT2D eigenvalue weighted by atomic mass is 32.1. The van der Waals surface area contributed by atoms with Crippen LogP contribution in [0.2, 0.25) is 0 Å². The van der Waals surface area contributed by atoms with E-state index in [1.807, 2.05) is 20.8 Å². The van der Waals surface area contributed by atoms with Crippen molar-refractivity contribution in [2.24, 2.45) is 0 Å². The van der Waals surface area contributed by atoms with Crippen LogP contribution in [-0.2, 0) is 0 Å². The van der Waals surface area contributed by atoms with Crippen LogP contribution >= 0.6 is 11.3 Å². The summed E-state index contributed by atoms with van der Waals surface area (Å²) in [5, 5.41) is 3.99. The number of thiazole rings is 1. The number of rotatable bonds is 5. The summed E-state index contributed by atoms with van der Waals surface area (Å²) in [6, 6.07) is 13.2. The maximum Gasteiger partial charge on any atom is 0.252 e. The zero-order chi connectivity index (χ0) is 21.3. The number of hydrogen-bond acceptors (Lipinski definition) is 5. The van der Waals surface area contributed by atoms with Crippen molar-refractivity contribution in [3.05, 3.63) is 81.7 Å². The van der Waals surface area contributed by atoms with Gasteiger partial charge in [0.05, 0.1) is 34.1 Å². The Morgan fingerprint density at radius 2 is 1.80 bits per heavy atom. The van der Waals surface area contributed by atoms with Gasteiger partial charge in [-0.3, -0.25) is 4.79 Å². The van der Waals surface area contributed by atoms with Crippen molar-refractivity contribution >= 4 is 17.2 Å². The minimum atomic E-state index is -0.393. The lowest BCUT2D eigenvalue weighted by Crippen LogP contribution is -2.27. The lowest BCUT2D eigenvalue weighted by molar-refractivity contribution is 0.0941. The van der Waals surface area contributed by atoms with Gasteiger partial charge in [-0.2, -0.15) is 0 Å². The average Bonchev–Trinajstić information content (AvgIpc) is 3.34. The first-order valence-corrected chi connectivity index (χ1v) is 10.3. The van der Waals surface area contributed by atoms with Crippen LogP contribution < -0.4 is 5.32 Å². The van der Waals surface area contributed by atoms with Crippen LogP contribution in [0.5, 0.6) is 0 Å². The van der Waals surface area contributed by atoms with E-state index in [9.17, 15) is 9.18 Å². The van der Waals surface area contributed by atoms with E-state index in [0.717, 1.165) is 15.6 Å². The van der Waals surface area contributed by atoms with Gasteiger partial charge in [-0.15, -0.1) is 11.3 Å². The molecule has 0 bridgehead atoms. The molecule has 1 amide bonds. The smallest absolute Gasteiger partial charge is 0.252 e. The van der Waals surface area contributed by atoms with E-state index in [2.05, 4.69) is 15.3 Å². The minimum absolute atomic E-state index is 0.185. The second kappa shape index (κ2) is 8.20. The van der Waals surface area contributed by atoms with Crippen molar-refractivity contribution in [3.8, 4) is 22.8 Å². The van der Waals surface area contributed by atoms with Crippen molar-refractivity contribution < 1.29 is 13.6 Å². The van der Waals surface area contributed by atoms with Gasteiger partial charge in [-0.25, -0.2) is 14.4 Å². The Balaban J connectivity index is 1.62. The fourth-order valence-corrected chi connectivity index (χ4v) is 4.27. The predicted octanol–water partition coefficient (Wildman–Crippen LogP) is 5.71. The summed E-state index contributed by atoms with van der Waals surface area (Å²) < 4.78 is 19.9. The Kier molecular flexibility index (Phi) is 5.46. The van der Waals surface area contributed by atoms with Crippen LogP contribution in [0.25, 0.3) is 22.8 Å². The Hall–Kier alpha value is -3.32. The van der Waals surface area contributed by atoms with Crippen molar-refractivity contribution in [3.63, 3.8) is 0 Å². The third-order valence-corrected chi connectivity index (χ3v) is 5.98. The van der Waals surface area contributed by atoms with Gasteiger partial charge >= 0.3 is 0 Å². The molecule has 0 unspecified atom stereocenters. The van der Waals surface area contributed by atoms with Gasteiger partial charge in [-0.05, 0) is 45.0 Å². The Bertz CT molecular complexity index is 1210. The third-order valence-electron chi connectivity index (χ3n) is 4.73. The molecule has 2 aromatic heterocycles. The SMILES string of the molecule is Cc1nc(C)c([C@H](C)NC(=O)c2ccccc2-c2ncc(-c3ccccc3F)o2)s1. The highest BCUT2D eigenvalue weighted by molar-refractivity contribution is 7.11. The molecule has 2 aromatic carbocycles. The Labute approximate surface area is 177 Å². The number of oxazole rings is 1. The van der Waals surface area contributed by atoms with Gasteiger partial charge in [0.25, 0.3) is 5.91 Å². The van der Waals surface area contributed by atoms with Crippen molar-refractivity contribution in [1.29, 1.82) is 0 Å². The van der Waals surface area contributed by atoms with Crippen LogP contribution in [0, 0.1) is 19.7 Å². The highest BCUT2D eigenvalue weighted by Gasteiger charge is 2.21. The van der Waals surface area contributed by atoms with Crippen LogP contribution in [0.15, 0.2) is 59.1 Å². The second-order valence-electron chi connectivity index (χ2n) is 6.93. The standard InChI is InChI=1S/C23H20FN3O2S/c1-13-21(30-15(3)26-13)14(2)27-22(28)16-8-4-5-9-17(16)23-25-12-20(29-23)18-10-6-7-11-19(18)24/h4-12,14H,1-3H3,(H,27,28)/t14-/m0/s1. The van der Waals surface area contributed by atoms with E-state index in [-0.39, 0.29) is 17.8 Å². The van der Waals surface area contributed by atoms with Gasteiger partial charge in [0.15, 0.2) is 5.76 Å². The molecule has 0 saturated carbocycles. The summed E-state index contributed by atoms with van der Waals surface area (Å²) in [5.74, 6) is -0.0663. The molecular weight excluding hydrogens is 401 g/mol. The molecule has 0 radical (unpaired) electrons. The molecule has 30 heavy (non-hydrogen) atoms. The largest absolute Gasteiger partial charge is 0.436 e. The summed E-state index contributed by atoms with van der Waals surface area (Å²) in [6.07, 6.45) is 1.47. The molecule has 1 atom stereocenters. The topological polar surface area (TPSA) is 68.0 Å². The first-order valence-electron chi connectivity index (χ1n) is 9.49. The van der Waals surface area contributed by atoms with E-state index in [0.29, 0.717) is 22.5 Å². The number of amides is 1. The van der Waals surface area contributed by atoms with Gasteiger partial charge in [0.1, 0.15) is 5.82 Å². The predicted molar refractivity (Wildman–Crippen MR) is 115 cm³/mol. The number of nitrogens with zero attached hydrogens (tertiary/aromatic N) is 2. The minimum Gasteiger partial charge on any atom is -0.436 e. The molecule has 4 aromatic rings. The molecule has 0 spiro atoms. The number of nitrogens with one attached hydrogen (secondary N) is 1. The maximum atomic E-state index is 14.1. The first kappa shape index (κ1) is 20.0. The second-order valence-corrected chi connectivity index (χ2v) is 8.17. The van der Waals surface area contributed by atoms with E-state index >= 15 is 0 Å². The lowest BCUT2D eigenvalue weighted by atomic mass is 10.1. The number of halogens is 1. The molecule has 0 aliphatic rings. The van der Waals surface area contributed by atoms with Crippen LogP contribution in [0.3, 0.4) is 0 Å². The summed E-state index contributed by atoms with van der Waals surface area (Å²) in [7, 11) is 0. The van der Waals surface area contributed by atoms with Gasteiger partial charge in [-0.1, -0.05) is 24.3 Å². The van der Waals surface area contributed by atoms with Crippen molar-refractivity contribution in [2.75, 3.05) is 0 Å². The number of aromatic nitrogens is 2. The van der Waals surface area contributed by atoms with Crippen LogP contribution in [-0.4, -0.2) is 15.9 Å². The lowest BCUT2D eigenvalue weighted by Gasteiger charge is -2.14. The monoisotopic (exact) mass is 421 g/mol. The van der Waals surface area contributed by atoms with E-state index in [4.69, 9.17) is 4.42 Å². The summed E-state index contributed by atoms with van der Waals surface area (Å²) in [6.45, 7) is 5.81. The van der Waals surface area contributed by atoms with Gasteiger partial charge in [0, 0.05) is 10.4 Å². The van der Waals surface area contributed by atoms with Gasteiger partial charge in [0.2, 0.25) is 5.89 Å². The molecule has 0 aliphatic carbocycles. The third kappa shape index (κ3) is 3.89. The Morgan fingerprint density at radius 3 is 2.50 bits per heavy atom. The fourth-order valence-electron chi connectivity index (χ4n) is 3.34. The zero-order valence-corrected chi connectivity index (χ0v) is 17.6. The van der Waals surface area contributed by atoms with Crippen LogP contribution in [0.1, 0.15) is 38.9 Å². The number of aryl methyl sites for hydroxylation is 2. The number of benzene rings is 2. The highest BCUT2D eigenvalue weighted by Crippen LogP contribution is 2.30. The normalized spacial score (nSPS) is 12.0. The van der Waals surface area contributed by atoms with Gasteiger partial charge < -0.3 is 9.73 Å². The summed E-state index contributed by atoms with van der Waals surface area (Å²) >= 11 is 1.57. The molecule has 0 fully saturated rings. The summed E-state index contributed by atoms with van der Waals surface area (Å²) in [5.41, 5.74) is 2.22. The quantitative estimate of drug-likeness (QED) is 0.448. The van der Waals surface area contributed by atoms with E-state index in [1.165, 1.54) is 12.3 Å². The number of carbonyl (C=O) groups is 1. The van der Waals surface area contributed by atoms with Crippen molar-refractivity contribution in [2.45, 2.75) is 26.8 Å². The fraction of sp³-hybridized carbons (Fsp3) is 0.174. The Morgan fingerprint density at radius 1 is 1.10 bits per heavy atom. The van der Waals surface area contributed by atoms with Crippen LogP contribution in [0.4, 0.5) is 4.39 Å². The number of hydrogen-bond donors (Lipinski definition) is 1. The molecule has 1 N–H and O–H groups in total.